The van der Waals surface area contributed by atoms with E-state index in [2.05, 4.69) is 25.7 Å². The van der Waals surface area contributed by atoms with Gasteiger partial charge in [-0.25, -0.2) is 9.78 Å². The molecule has 0 aliphatic rings. The van der Waals surface area contributed by atoms with Crippen LogP contribution in [-0.2, 0) is 4.74 Å². The van der Waals surface area contributed by atoms with Crippen LogP contribution in [0.15, 0.2) is 10.5 Å². The second-order valence-electron chi connectivity index (χ2n) is 2.30. The van der Waals surface area contributed by atoms with Gasteiger partial charge in [0, 0.05) is 0 Å². The summed E-state index contributed by atoms with van der Waals surface area (Å²) in [5.41, 5.74) is 0.0452. The van der Waals surface area contributed by atoms with Crippen LogP contribution in [0, 0.1) is 0 Å². The SMILES string of the molecule is COC(=O)c1cc(Br)c(Cl)nc1C=O. The van der Waals surface area contributed by atoms with Crippen molar-refractivity contribution in [2.45, 2.75) is 0 Å². The number of hydrogen-bond donors (Lipinski definition) is 0. The maximum absolute atomic E-state index is 11.2. The number of esters is 1. The first kappa shape index (κ1) is 11.1. The molecule has 0 amide bonds. The van der Waals surface area contributed by atoms with Gasteiger partial charge >= 0.3 is 5.97 Å². The number of nitrogens with zero attached hydrogens (tertiary/aromatic N) is 1. The summed E-state index contributed by atoms with van der Waals surface area (Å²) in [5.74, 6) is -0.628. The molecule has 14 heavy (non-hydrogen) atoms. The third-order valence-electron chi connectivity index (χ3n) is 1.48. The van der Waals surface area contributed by atoms with Crippen LogP contribution in [0.3, 0.4) is 0 Å². The number of carbonyl (C=O) groups excluding carboxylic acids is 2. The molecule has 0 atom stereocenters. The molecular formula is C8H5BrClNO3. The Labute approximate surface area is 93.4 Å². The van der Waals surface area contributed by atoms with E-state index in [1.54, 1.807) is 0 Å². The molecule has 1 aromatic rings. The van der Waals surface area contributed by atoms with E-state index in [1.165, 1.54) is 13.2 Å². The lowest BCUT2D eigenvalue weighted by Gasteiger charge is -2.03. The average molecular weight is 278 g/mol. The number of aromatic nitrogens is 1. The number of ether oxygens (including phenoxy) is 1. The van der Waals surface area contributed by atoms with Gasteiger partial charge in [0.15, 0.2) is 6.29 Å². The smallest absolute Gasteiger partial charge is 0.340 e. The van der Waals surface area contributed by atoms with Gasteiger partial charge in [-0.1, -0.05) is 11.6 Å². The second kappa shape index (κ2) is 4.52. The average Bonchev–Trinajstić information content (AvgIpc) is 2.20. The first-order valence-electron chi connectivity index (χ1n) is 3.49. The van der Waals surface area contributed by atoms with Crippen molar-refractivity contribution in [1.82, 2.24) is 4.98 Å². The summed E-state index contributed by atoms with van der Waals surface area (Å²) < 4.78 is 4.91. The summed E-state index contributed by atoms with van der Waals surface area (Å²) >= 11 is 8.73. The Bertz CT molecular complexity index is 394. The molecular weight excluding hydrogens is 273 g/mol. The fraction of sp³-hybridized carbons (Fsp3) is 0.125. The lowest BCUT2D eigenvalue weighted by molar-refractivity contribution is 0.0597. The molecule has 4 nitrogen and oxygen atoms in total. The largest absolute Gasteiger partial charge is 0.465 e. The highest BCUT2D eigenvalue weighted by Gasteiger charge is 2.15. The van der Waals surface area contributed by atoms with E-state index in [9.17, 15) is 9.59 Å². The van der Waals surface area contributed by atoms with Crippen LogP contribution >= 0.6 is 27.5 Å². The molecule has 0 aliphatic carbocycles. The predicted molar refractivity (Wildman–Crippen MR) is 53.7 cm³/mol. The molecule has 74 valence electrons. The molecule has 0 bridgehead atoms. The third kappa shape index (κ3) is 2.10. The number of hydrogen-bond acceptors (Lipinski definition) is 4. The Morgan fingerprint density at radius 2 is 2.36 bits per heavy atom. The Kier molecular flexibility index (Phi) is 3.60. The number of methoxy groups -OCH3 is 1. The number of aldehydes is 1. The molecule has 0 aromatic carbocycles. The topological polar surface area (TPSA) is 56.3 Å². The number of halogens is 2. The molecule has 1 rings (SSSR count). The standard InChI is InChI=1S/C8H5BrClNO3/c1-14-8(13)4-2-5(9)7(10)11-6(4)3-12/h2-3H,1H3. The van der Waals surface area contributed by atoms with Crippen molar-refractivity contribution in [3.05, 3.63) is 26.9 Å². The van der Waals surface area contributed by atoms with Crippen molar-refractivity contribution in [3.8, 4) is 0 Å². The van der Waals surface area contributed by atoms with Gasteiger partial charge in [-0.15, -0.1) is 0 Å². The maximum atomic E-state index is 11.2. The minimum Gasteiger partial charge on any atom is -0.465 e. The zero-order valence-electron chi connectivity index (χ0n) is 7.08. The minimum atomic E-state index is -0.628. The lowest BCUT2D eigenvalue weighted by Crippen LogP contribution is -2.07. The molecule has 0 saturated heterocycles. The fourth-order valence-corrected chi connectivity index (χ4v) is 1.31. The van der Waals surface area contributed by atoms with Crippen LogP contribution in [-0.4, -0.2) is 24.3 Å². The van der Waals surface area contributed by atoms with Gasteiger partial charge in [-0.05, 0) is 22.0 Å². The summed E-state index contributed by atoms with van der Waals surface area (Å²) in [7, 11) is 1.22. The maximum Gasteiger partial charge on any atom is 0.340 e. The van der Waals surface area contributed by atoms with Crippen LogP contribution in [0.2, 0.25) is 5.15 Å². The van der Waals surface area contributed by atoms with Crippen LogP contribution in [0.5, 0.6) is 0 Å². The van der Waals surface area contributed by atoms with Crippen molar-refractivity contribution in [1.29, 1.82) is 0 Å². The number of pyridine rings is 1. The van der Waals surface area contributed by atoms with Crippen molar-refractivity contribution in [2.24, 2.45) is 0 Å². The zero-order valence-corrected chi connectivity index (χ0v) is 9.42. The monoisotopic (exact) mass is 277 g/mol. The zero-order chi connectivity index (χ0) is 10.7. The van der Waals surface area contributed by atoms with Crippen LogP contribution in [0.25, 0.3) is 0 Å². The van der Waals surface area contributed by atoms with Gasteiger partial charge in [-0.3, -0.25) is 4.79 Å². The van der Waals surface area contributed by atoms with Crippen molar-refractivity contribution in [3.63, 3.8) is 0 Å². The van der Waals surface area contributed by atoms with Gasteiger partial charge in [0.05, 0.1) is 17.1 Å². The first-order chi connectivity index (χ1) is 6.60. The van der Waals surface area contributed by atoms with Gasteiger partial charge < -0.3 is 4.74 Å². The predicted octanol–water partition coefficient (Wildman–Crippen LogP) is 2.10. The number of carbonyl (C=O) groups is 2. The van der Waals surface area contributed by atoms with Crippen molar-refractivity contribution in [2.75, 3.05) is 7.11 Å². The van der Waals surface area contributed by atoms with Crippen molar-refractivity contribution < 1.29 is 14.3 Å². The molecule has 1 heterocycles. The molecule has 0 spiro atoms. The molecule has 0 saturated carbocycles. The van der Waals surface area contributed by atoms with E-state index >= 15 is 0 Å². The summed E-state index contributed by atoms with van der Waals surface area (Å²) in [4.78, 5) is 25.4. The summed E-state index contributed by atoms with van der Waals surface area (Å²) in [5, 5.41) is 0.125. The highest BCUT2D eigenvalue weighted by Crippen LogP contribution is 2.22. The van der Waals surface area contributed by atoms with Gasteiger partial charge in [0.2, 0.25) is 0 Å². The highest BCUT2D eigenvalue weighted by molar-refractivity contribution is 9.10. The van der Waals surface area contributed by atoms with E-state index in [0.29, 0.717) is 10.8 Å². The Balaban J connectivity index is 3.34. The normalized spacial score (nSPS) is 9.64. The van der Waals surface area contributed by atoms with Gasteiger partial charge in [0.1, 0.15) is 10.8 Å². The molecule has 0 unspecified atom stereocenters. The fourth-order valence-electron chi connectivity index (χ4n) is 0.843. The Morgan fingerprint density at radius 1 is 1.71 bits per heavy atom. The number of rotatable bonds is 2. The second-order valence-corrected chi connectivity index (χ2v) is 3.52. The quantitative estimate of drug-likeness (QED) is 0.472. The van der Waals surface area contributed by atoms with Crippen LogP contribution in [0.4, 0.5) is 0 Å². The van der Waals surface area contributed by atoms with E-state index in [4.69, 9.17) is 11.6 Å². The third-order valence-corrected chi connectivity index (χ3v) is 2.60. The molecule has 0 radical (unpaired) electrons. The summed E-state index contributed by atoms with van der Waals surface area (Å²) in [6.45, 7) is 0. The minimum absolute atomic E-state index is 0.0370. The summed E-state index contributed by atoms with van der Waals surface area (Å²) in [6, 6.07) is 1.39. The van der Waals surface area contributed by atoms with Crippen LogP contribution < -0.4 is 0 Å². The Hall–Kier alpha value is -0.940. The van der Waals surface area contributed by atoms with Gasteiger partial charge in [-0.2, -0.15) is 0 Å². The van der Waals surface area contributed by atoms with Crippen LogP contribution in [0.1, 0.15) is 20.8 Å². The van der Waals surface area contributed by atoms with Crippen molar-refractivity contribution >= 4 is 39.8 Å². The molecule has 0 aliphatic heterocycles. The first-order valence-corrected chi connectivity index (χ1v) is 4.66. The Morgan fingerprint density at radius 3 is 2.86 bits per heavy atom. The van der Waals surface area contributed by atoms with E-state index < -0.39 is 5.97 Å². The highest BCUT2D eigenvalue weighted by atomic mass is 79.9. The van der Waals surface area contributed by atoms with E-state index in [-0.39, 0.29) is 16.4 Å². The lowest BCUT2D eigenvalue weighted by atomic mass is 10.2. The molecule has 0 N–H and O–H groups in total. The molecule has 6 heteroatoms. The summed E-state index contributed by atoms with van der Waals surface area (Å²) in [6.07, 6.45) is 0.449. The molecule has 0 fully saturated rings. The van der Waals surface area contributed by atoms with E-state index in [0.717, 1.165) is 0 Å². The van der Waals surface area contributed by atoms with E-state index in [1.807, 2.05) is 0 Å². The van der Waals surface area contributed by atoms with Gasteiger partial charge in [0.25, 0.3) is 0 Å². The molecule has 1 aromatic heterocycles.